The molecule has 0 heterocycles. The number of rotatable bonds is 14. The molecule has 0 radical (unpaired) electrons. The highest BCUT2D eigenvalue weighted by Crippen LogP contribution is 2.68. The second-order valence-electron chi connectivity index (χ2n) is 18.6. The van der Waals surface area contributed by atoms with Crippen LogP contribution in [-0.2, 0) is 38.3 Å². The maximum atomic E-state index is 14.8. The summed E-state index contributed by atoms with van der Waals surface area (Å²) in [5.41, 5.74) is 5.92. The minimum atomic E-state index is -0.855. The first-order valence-electron chi connectivity index (χ1n) is 21.4. The summed E-state index contributed by atoms with van der Waals surface area (Å²) in [6.45, 7) is 9.88. The number of carbonyl (C=O) groups excluding carboxylic acids is 2. The number of hydroxylamine groups is 3. The molecule has 5 aliphatic carbocycles. The van der Waals surface area contributed by atoms with Crippen LogP contribution in [0.15, 0.2) is 60.2 Å². The number of aromatic hydroxyl groups is 2. The quantitative estimate of drug-likeness (QED) is 0.0326. The molecule has 2 aromatic rings. The Labute approximate surface area is 343 Å². The van der Waals surface area contributed by atoms with Crippen molar-refractivity contribution in [2.45, 2.75) is 128 Å². The van der Waals surface area contributed by atoms with Gasteiger partial charge in [0.1, 0.15) is 36.3 Å². The molecule has 3 N–H and O–H groups in total. The second kappa shape index (κ2) is 16.5. The highest BCUT2D eigenvalue weighted by Gasteiger charge is 2.62. The van der Waals surface area contributed by atoms with Crippen molar-refractivity contribution in [1.29, 1.82) is 0 Å². The zero-order valence-corrected chi connectivity index (χ0v) is 35.1. The summed E-state index contributed by atoms with van der Waals surface area (Å²) in [5, 5.41) is 48.5. The van der Waals surface area contributed by atoms with Gasteiger partial charge in [0.15, 0.2) is 0 Å². The molecular formula is C48H63NO9. The van der Waals surface area contributed by atoms with Gasteiger partial charge in [-0.15, -0.1) is 0 Å². The smallest absolute Gasteiger partial charge is 0.321 e. The molecular weight excluding hydrogens is 735 g/mol. The van der Waals surface area contributed by atoms with E-state index in [9.17, 15) is 30.1 Å². The molecule has 7 rings (SSSR count). The third-order valence-electron chi connectivity index (χ3n) is 14.6. The van der Waals surface area contributed by atoms with Crippen molar-refractivity contribution in [2.75, 3.05) is 27.5 Å². The molecule has 3 unspecified atom stereocenters. The molecule has 10 heteroatoms. The fraction of sp³-hybridized carbons (Fsp3) is 0.583. The van der Waals surface area contributed by atoms with Gasteiger partial charge in [-0.1, -0.05) is 62.6 Å². The summed E-state index contributed by atoms with van der Waals surface area (Å²) >= 11 is 0. The molecule has 10 nitrogen and oxygen atoms in total. The number of aliphatic hydroxyl groups is 1. The van der Waals surface area contributed by atoms with Crippen LogP contribution >= 0.6 is 0 Å². The third kappa shape index (κ3) is 7.84. The van der Waals surface area contributed by atoms with Crippen LogP contribution in [0.5, 0.6) is 17.2 Å². The Morgan fingerprint density at radius 3 is 2.43 bits per heavy atom. The first kappa shape index (κ1) is 42.0. The number of phenols is 2. The van der Waals surface area contributed by atoms with E-state index in [0.717, 1.165) is 91.4 Å². The lowest BCUT2D eigenvalue weighted by atomic mass is 9.46. The minimum Gasteiger partial charge on any atom is -0.630 e. The van der Waals surface area contributed by atoms with Crippen LogP contribution in [-0.4, -0.2) is 71.5 Å². The van der Waals surface area contributed by atoms with E-state index in [-0.39, 0.29) is 47.2 Å². The van der Waals surface area contributed by atoms with Crippen LogP contribution in [0.2, 0.25) is 0 Å². The van der Waals surface area contributed by atoms with Gasteiger partial charge in [-0.05, 0) is 128 Å². The lowest BCUT2D eigenvalue weighted by molar-refractivity contribution is -0.910. The summed E-state index contributed by atoms with van der Waals surface area (Å²) in [6, 6.07) is 7.02. The minimum absolute atomic E-state index is 0.0248. The van der Waals surface area contributed by atoms with Crippen LogP contribution in [0.25, 0.3) is 0 Å². The lowest BCUT2D eigenvalue weighted by Gasteiger charge is -2.62. The summed E-state index contributed by atoms with van der Waals surface area (Å²) in [5.74, 6) is -0.977. The van der Waals surface area contributed by atoms with Gasteiger partial charge in [-0.3, -0.25) is 9.59 Å². The highest BCUT2D eigenvalue weighted by atomic mass is 16.6. The predicted molar refractivity (Wildman–Crippen MR) is 222 cm³/mol. The topological polar surface area (TPSA) is 146 Å². The van der Waals surface area contributed by atoms with Gasteiger partial charge >= 0.3 is 11.9 Å². The first-order chi connectivity index (χ1) is 27.6. The number of likely N-dealkylation sites (N-methyl/N-ethyl adjacent to an activating group) is 1. The fourth-order valence-electron chi connectivity index (χ4n) is 11.7. The van der Waals surface area contributed by atoms with Gasteiger partial charge in [0.25, 0.3) is 0 Å². The molecule has 5 aliphatic rings. The lowest BCUT2D eigenvalue weighted by Crippen LogP contribution is -2.63. The molecule has 2 aromatic carbocycles. The van der Waals surface area contributed by atoms with Crippen molar-refractivity contribution in [3.63, 3.8) is 0 Å². The standard InChI is InChI=1S/C48H63NO9/c1-7-8-9-11-30-21-38(51)45(39(52)22-30)35-20-31(12-14-34(35)29(2)3)27-57-42(53)25-43(54)58-28-49(5,55)41-24-32-13-15-40(56-6)36-23-33-26-48(17-10-18-48)46(44(32)36)47(41,4)19-16-37(33)50/h13,15-16,19-22,33-35,37,41,46,50-52H,2,7-12,14,17-18,23-28H2,1,3-6H3/b19-16-/t33-,34?,35?,37+,41-,46+,47+,49?/m1/s1. The van der Waals surface area contributed by atoms with Gasteiger partial charge in [-0.25, -0.2) is 0 Å². The molecule has 8 atom stereocenters. The Bertz CT molecular complexity index is 1950. The number of hydrogen-bond donors (Lipinski definition) is 3. The number of phenolic OH excluding ortho intramolecular Hbond substituents is 2. The van der Waals surface area contributed by atoms with E-state index in [4.69, 9.17) is 14.2 Å². The number of esters is 2. The Kier molecular flexibility index (Phi) is 12.0. The predicted octanol–water partition coefficient (Wildman–Crippen LogP) is 8.59. The molecule has 314 valence electrons. The summed E-state index contributed by atoms with van der Waals surface area (Å²) in [4.78, 5) is 26.2. The van der Waals surface area contributed by atoms with Gasteiger partial charge in [-0.2, -0.15) is 0 Å². The number of nitrogens with zero attached hydrogens (tertiary/aromatic N) is 1. The normalized spacial score (nSPS) is 29.5. The van der Waals surface area contributed by atoms with E-state index in [1.54, 1.807) is 26.3 Å². The Balaban J connectivity index is 1.03. The number of quaternary nitrogens is 1. The molecule has 0 aliphatic heterocycles. The van der Waals surface area contributed by atoms with Crippen molar-refractivity contribution in [3.05, 3.63) is 93.2 Å². The molecule has 1 fully saturated rings. The maximum Gasteiger partial charge on any atom is 0.321 e. The van der Waals surface area contributed by atoms with Crippen LogP contribution < -0.4 is 4.74 Å². The zero-order chi connectivity index (χ0) is 41.6. The second-order valence-corrected chi connectivity index (χ2v) is 18.6. The van der Waals surface area contributed by atoms with E-state index < -0.39 is 47.3 Å². The zero-order valence-electron chi connectivity index (χ0n) is 35.1. The number of allylic oxidation sites excluding steroid dienone is 2. The molecule has 0 aromatic heterocycles. The molecule has 58 heavy (non-hydrogen) atoms. The average molecular weight is 798 g/mol. The van der Waals surface area contributed by atoms with Gasteiger partial charge in [0.05, 0.1) is 20.3 Å². The Hall–Kier alpha value is -4.12. The van der Waals surface area contributed by atoms with Crippen molar-refractivity contribution < 1.29 is 43.8 Å². The van der Waals surface area contributed by atoms with Crippen molar-refractivity contribution >= 4 is 11.9 Å². The SMILES string of the molecule is C=C(C)C1CCC(COC(=O)CC(=O)OC[N+](C)([O-])[C@@H]2Cc3ccc(OC)c4c3[C@@H]3C5(CCC5)C[C@@H](C4)[C@@H](O)/C=C\[C@]32C)=CC1c1c(O)cc(CCCCC)cc1O. The van der Waals surface area contributed by atoms with E-state index >= 15 is 0 Å². The van der Waals surface area contributed by atoms with E-state index in [2.05, 4.69) is 32.6 Å². The highest BCUT2D eigenvalue weighted by molar-refractivity contribution is 5.91. The number of aliphatic hydroxyl groups excluding tert-OH is 1. The number of methoxy groups -OCH3 is 1. The average Bonchev–Trinajstić information content (AvgIpc) is 3.32. The van der Waals surface area contributed by atoms with Crippen LogP contribution in [0.1, 0.15) is 125 Å². The fourth-order valence-corrected chi connectivity index (χ4v) is 11.7. The third-order valence-corrected chi connectivity index (χ3v) is 14.6. The summed E-state index contributed by atoms with van der Waals surface area (Å²) < 4.78 is 16.2. The Morgan fingerprint density at radius 1 is 1.05 bits per heavy atom. The Morgan fingerprint density at radius 2 is 1.78 bits per heavy atom. The number of carbonyl (C=O) groups is 2. The summed E-state index contributed by atoms with van der Waals surface area (Å²) in [7, 11) is 3.24. The van der Waals surface area contributed by atoms with E-state index in [1.807, 2.05) is 25.1 Å². The number of aryl methyl sites for hydroxylation is 1. The molecule has 2 bridgehead atoms. The first-order valence-corrected chi connectivity index (χ1v) is 21.4. The van der Waals surface area contributed by atoms with Crippen molar-refractivity contribution in [2.24, 2.45) is 22.7 Å². The maximum absolute atomic E-state index is 14.8. The van der Waals surface area contributed by atoms with Crippen molar-refractivity contribution in [3.8, 4) is 17.2 Å². The number of ether oxygens (including phenoxy) is 3. The van der Waals surface area contributed by atoms with Gasteiger partial charge in [0, 0.05) is 29.2 Å². The molecule has 1 spiro atoms. The number of hydrogen-bond acceptors (Lipinski definition) is 9. The van der Waals surface area contributed by atoms with Crippen LogP contribution in [0, 0.1) is 27.9 Å². The monoisotopic (exact) mass is 797 g/mol. The molecule has 0 amide bonds. The van der Waals surface area contributed by atoms with Crippen LogP contribution in [0.3, 0.4) is 0 Å². The van der Waals surface area contributed by atoms with Gasteiger partial charge in [0.2, 0.25) is 6.73 Å². The van der Waals surface area contributed by atoms with E-state index in [1.165, 1.54) is 5.56 Å². The molecule has 1 saturated carbocycles. The largest absolute Gasteiger partial charge is 0.630 e. The van der Waals surface area contributed by atoms with Crippen molar-refractivity contribution in [1.82, 2.24) is 0 Å². The van der Waals surface area contributed by atoms with E-state index in [0.29, 0.717) is 24.8 Å². The molecule has 0 saturated heterocycles. The van der Waals surface area contributed by atoms with Crippen LogP contribution in [0.4, 0.5) is 0 Å². The summed E-state index contributed by atoms with van der Waals surface area (Å²) in [6.07, 6.45) is 15.1. The number of fused-ring (bicyclic) bond motifs is 1. The number of unbranched alkanes of at least 4 members (excludes halogenated alkanes) is 2. The number of benzene rings is 2. The van der Waals surface area contributed by atoms with Gasteiger partial charge < -0.3 is 39.4 Å².